The molecule has 0 spiro atoms. The molecule has 0 bridgehead atoms. The largest absolute Gasteiger partial charge is 0.350 e. The first-order chi connectivity index (χ1) is 12.1. The molecule has 1 amide bonds. The monoisotopic (exact) mass is 434 g/mol. The fourth-order valence-electron chi connectivity index (χ4n) is 2.45. The van der Waals surface area contributed by atoms with Crippen molar-refractivity contribution in [3.05, 3.63) is 63.1 Å². The zero-order valence-corrected chi connectivity index (χ0v) is 17.1. The van der Waals surface area contributed by atoms with E-state index in [1.165, 1.54) is 25.1 Å². The molecule has 0 aliphatic carbocycles. The third-order valence-electron chi connectivity index (χ3n) is 3.60. The van der Waals surface area contributed by atoms with Gasteiger partial charge >= 0.3 is 0 Å². The van der Waals surface area contributed by atoms with E-state index >= 15 is 0 Å². The van der Waals surface area contributed by atoms with E-state index in [2.05, 4.69) is 5.32 Å². The molecule has 140 valence electrons. The molecule has 0 saturated carbocycles. The molecule has 0 radical (unpaired) electrons. The molecule has 2 rings (SSSR count). The van der Waals surface area contributed by atoms with Crippen molar-refractivity contribution in [1.29, 1.82) is 0 Å². The van der Waals surface area contributed by atoms with Gasteiger partial charge in [0.15, 0.2) is 0 Å². The lowest BCUT2D eigenvalue weighted by Crippen LogP contribution is -2.47. The third kappa shape index (κ3) is 5.27. The minimum atomic E-state index is -3.76. The number of halogens is 3. The first kappa shape index (κ1) is 20.8. The second kappa shape index (κ2) is 8.48. The van der Waals surface area contributed by atoms with E-state index in [-0.39, 0.29) is 22.3 Å². The highest BCUT2D eigenvalue weighted by Gasteiger charge is 2.29. The second-order valence-electron chi connectivity index (χ2n) is 5.67. The maximum Gasteiger partial charge on any atom is 0.243 e. The highest BCUT2D eigenvalue weighted by atomic mass is 35.5. The zero-order valence-electron chi connectivity index (χ0n) is 14.0. The Morgan fingerprint density at radius 2 is 1.69 bits per heavy atom. The van der Waals surface area contributed by atoms with E-state index in [4.69, 9.17) is 34.8 Å². The molecule has 1 N–H and O–H groups in total. The van der Waals surface area contributed by atoms with Crippen LogP contribution in [-0.2, 0) is 21.4 Å². The molecule has 0 aliphatic heterocycles. The van der Waals surface area contributed by atoms with Crippen LogP contribution in [0.25, 0.3) is 0 Å². The summed E-state index contributed by atoms with van der Waals surface area (Å²) in [6.07, 6.45) is 1.01. The van der Waals surface area contributed by atoms with Crippen LogP contribution >= 0.6 is 34.8 Å². The minimum Gasteiger partial charge on any atom is -0.350 e. The van der Waals surface area contributed by atoms with Gasteiger partial charge < -0.3 is 5.32 Å². The number of anilines is 1. The van der Waals surface area contributed by atoms with Crippen LogP contribution in [0.3, 0.4) is 0 Å². The topological polar surface area (TPSA) is 66.5 Å². The van der Waals surface area contributed by atoms with Gasteiger partial charge in [-0.15, -0.1) is 0 Å². The Morgan fingerprint density at radius 3 is 2.23 bits per heavy atom. The Kier molecular flexibility index (Phi) is 6.80. The summed E-state index contributed by atoms with van der Waals surface area (Å²) >= 11 is 18.0. The number of nitrogens with zero attached hydrogens (tertiary/aromatic N) is 1. The minimum absolute atomic E-state index is 0.177. The lowest BCUT2D eigenvalue weighted by molar-refractivity contribution is -0.122. The normalized spacial score (nSPS) is 12.5. The Balaban J connectivity index is 2.25. The summed E-state index contributed by atoms with van der Waals surface area (Å²) in [6, 6.07) is 10.4. The van der Waals surface area contributed by atoms with Crippen LogP contribution in [0.5, 0.6) is 0 Å². The number of sulfonamides is 1. The van der Waals surface area contributed by atoms with Gasteiger partial charge in [-0.2, -0.15) is 0 Å². The summed E-state index contributed by atoms with van der Waals surface area (Å²) in [6.45, 7) is 1.66. The van der Waals surface area contributed by atoms with Crippen molar-refractivity contribution in [1.82, 2.24) is 5.32 Å². The molecule has 1 atom stereocenters. The molecule has 0 saturated heterocycles. The van der Waals surface area contributed by atoms with Crippen molar-refractivity contribution < 1.29 is 13.2 Å². The summed E-state index contributed by atoms with van der Waals surface area (Å²) in [5, 5.41) is 3.75. The summed E-state index contributed by atoms with van der Waals surface area (Å²) in [5.74, 6) is -0.480. The molecule has 0 heterocycles. The van der Waals surface area contributed by atoms with Gasteiger partial charge in [-0.05, 0) is 36.8 Å². The summed E-state index contributed by atoms with van der Waals surface area (Å²) in [5.41, 5.74) is 0.941. The van der Waals surface area contributed by atoms with Crippen LogP contribution in [0, 0.1) is 0 Å². The Bertz CT molecular complexity index is 899. The van der Waals surface area contributed by atoms with Crippen LogP contribution in [0.2, 0.25) is 15.1 Å². The quantitative estimate of drug-likeness (QED) is 0.742. The van der Waals surface area contributed by atoms with Gasteiger partial charge in [-0.25, -0.2) is 8.42 Å². The SMILES string of the molecule is C[C@H](C(=O)NCc1ccccc1Cl)N(c1cc(Cl)cc(Cl)c1)S(C)(=O)=O. The second-order valence-corrected chi connectivity index (χ2v) is 8.81. The van der Waals surface area contributed by atoms with Gasteiger partial charge in [0, 0.05) is 21.6 Å². The Hall–Kier alpha value is -1.47. The standard InChI is InChI=1S/C17H17Cl3N2O3S/c1-11(17(23)21-10-12-5-3-4-6-16(12)20)22(26(2,24)25)15-8-13(18)7-14(19)9-15/h3-9,11H,10H2,1-2H3,(H,21,23)/t11-/m1/s1. The average Bonchev–Trinajstić information content (AvgIpc) is 2.51. The lowest BCUT2D eigenvalue weighted by atomic mass is 10.2. The lowest BCUT2D eigenvalue weighted by Gasteiger charge is -2.28. The average molecular weight is 436 g/mol. The van der Waals surface area contributed by atoms with Crippen LogP contribution in [0.15, 0.2) is 42.5 Å². The van der Waals surface area contributed by atoms with Crippen molar-refractivity contribution in [3.63, 3.8) is 0 Å². The molecule has 9 heteroatoms. The van der Waals surface area contributed by atoms with Crippen LogP contribution < -0.4 is 9.62 Å². The van der Waals surface area contributed by atoms with E-state index in [1.807, 2.05) is 0 Å². The highest BCUT2D eigenvalue weighted by molar-refractivity contribution is 7.92. The molecule has 2 aromatic rings. The van der Waals surface area contributed by atoms with Gasteiger partial charge in [-0.3, -0.25) is 9.10 Å². The first-order valence-corrected chi connectivity index (χ1v) is 10.5. The number of benzene rings is 2. The van der Waals surface area contributed by atoms with Gasteiger partial charge in [-0.1, -0.05) is 53.0 Å². The summed E-state index contributed by atoms with van der Waals surface area (Å²) in [7, 11) is -3.76. The summed E-state index contributed by atoms with van der Waals surface area (Å²) < 4.78 is 25.5. The maximum atomic E-state index is 12.5. The molecule has 26 heavy (non-hydrogen) atoms. The first-order valence-electron chi connectivity index (χ1n) is 7.56. The molecule has 5 nitrogen and oxygen atoms in total. The molecule has 0 fully saturated rings. The number of amides is 1. The number of nitrogens with one attached hydrogen (secondary N) is 1. The van der Waals surface area contributed by atoms with E-state index < -0.39 is 22.0 Å². The Labute approximate surface area is 167 Å². The number of carbonyl (C=O) groups is 1. The van der Waals surface area contributed by atoms with Crippen molar-refractivity contribution in [2.45, 2.75) is 19.5 Å². The predicted octanol–water partition coefficient (Wildman–Crippen LogP) is 4.12. The molecule has 2 aromatic carbocycles. The molecule has 0 unspecified atom stereocenters. The fraction of sp³-hybridized carbons (Fsp3) is 0.235. The van der Waals surface area contributed by atoms with Gasteiger partial charge in [0.2, 0.25) is 15.9 Å². The maximum absolute atomic E-state index is 12.5. The number of carbonyl (C=O) groups excluding carboxylic acids is 1. The van der Waals surface area contributed by atoms with Crippen LogP contribution in [0.1, 0.15) is 12.5 Å². The van der Waals surface area contributed by atoms with E-state index in [9.17, 15) is 13.2 Å². The van der Waals surface area contributed by atoms with Crippen LogP contribution in [-0.4, -0.2) is 26.6 Å². The molecular formula is C17H17Cl3N2O3S. The van der Waals surface area contributed by atoms with E-state index in [0.29, 0.717) is 5.02 Å². The number of rotatable bonds is 6. The van der Waals surface area contributed by atoms with Crippen molar-refractivity contribution >= 4 is 56.4 Å². The smallest absolute Gasteiger partial charge is 0.243 e. The van der Waals surface area contributed by atoms with Crippen molar-refractivity contribution in [2.75, 3.05) is 10.6 Å². The summed E-state index contributed by atoms with van der Waals surface area (Å²) in [4.78, 5) is 12.5. The molecular weight excluding hydrogens is 419 g/mol. The molecule has 0 aromatic heterocycles. The molecule has 0 aliphatic rings. The van der Waals surface area contributed by atoms with Crippen molar-refractivity contribution in [3.8, 4) is 0 Å². The van der Waals surface area contributed by atoms with Crippen LogP contribution in [0.4, 0.5) is 5.69 Å². The third-order valence-corrected chi connectivity index (χ3v) is 5.65. The predicted molar refractivity (Wildman–Crippen MR) is 107 cm³/mol. The highest BCUT2D eigenvalue weighted by Crippen LogP contribution is 2.28. The number of hydrogen-bond acceptors (Lipinski definition) is 3. The fourth-order valence-corrected chi connectivity index (χ4v) is 4.32. The van der Waals surface area contributed by atoms with E-state index in [0.717, 1.165) is 16.1 Å². The Morgan fingerprint density at radius 1 is 1.12 bits per heavy atom. The van der Waals surface area contributed by atoms with Gasteiger partial charge in [0.1, 0.15) is 6.04 Å². The van der Waals surface area contributed by atoms with E-state index in [1.54, 1.807) is 24.3 Å². The zero-order chi connectivity index (χ0) is 19.5. The van der Waals surface area contributed by atoms with Crippen molar-refractivity contribution in [2.24, 2.45) is 0 Å². The van der Waals surface area contributed by atoms with Gasteiger partial charge in [0.25, 0.3) is 0 Å². The number of hydrogen-bond donors (Lipinski definition) is 1. The van der Waals surface area contributed by atoms with Gasteiger partial charge in [0.05, 0.1) is 11.9 Å².